The van der Waals surface area contributed by atoms with Crippen LogP contribution in [0, 0.1) is 25.5 Å². The minimum Gasteiger partial charge on any atom is -0.315 e. The molecule has 1 fully saturated rings. The largest absolute Gasteiger partial charge is 0.325 e. The number of hydrogen-bond donors (Lipinski definition) is 1. The zero-order valence-corrected chi connectivity index (χ0v) is 17.5. The fourth-order valence-electron chi connectivity index (χ4n) is 3.84. The normalized spacial score (nSPS) is 18.1. The van der Waals surface area contributed by atoms with E-state index in [1.807, 2.05) is 26.0 Å². The first-order valence-electron chi connectivity index (χ1n) is 9.99. The Kier molecular flexibility index (Phi) is 5.34. The third-order valence-corrected chi connectivity index (χ3v) is 5.80. The van der Waals surface area contributed by atoms with Crippen LogP contribution in [-0.2, 0) is 10.3 Å². The molecule has 0 aromatic heterocycles. The highest BCUT2D eigenvalue weighted by Gasteiger charge is 2.54. The van der Waals surface area contributed by atoms with E-state index in [0.717, 1.165) is 34.2 Å². The molecule has 162 valence electrons. The lowest BCUT2D eigenvalue weighted by molar-refractivity contribution is -0.129. The Bertz CT molecular complexity index is 1240. The van der Waals surface area contributed by atoms with Gasteiger partial charge in [-0.1, -0.05) is 48.5 Å². The van der Waals surface area contributed by atoms with Gasteiger partial charge in [0.2, 0.25) is 0 Å². The van der Waals surface area contributed by atoms with Crippen LogP contribution in [0.25, 0.3) is 0 Å². The van der Waals surface area contributed by atoms with Gasteiger partial charge in [-0.05, 0) is 54.3 Å². The molecule has 7 heteroatoms. The highest BCUT2D eigenvalue weighted by atomic mass is 19.2. The van der Waals surface area contributed by atoms with Gasteiger partial charge in [0.1, 0.15) is 0 Å². The van der Waals surface area contributed by atoms with E-state index >= 15 is 0 Å². The maximum Gasteiger partial charge on any atom is 0.325 e. The smallest absolute Gasteiger partial charge is 0.315 e. The number of nitrogens with one attached hydrogen (secondary N) is 1. The fourth-order valence-corrected chi connectivity index (χ4v) is 3.84. The first-order valence-corrected chi connectivity index (χ1v) is 9.99. The molecule has 0 radical (unpaired) electrons. The van der Waals surface area contributed by atoms with Crippen LogP contribution in [0.2, 0.25) is 0 Å². The van der Waals surface area contributed by atoms with Gasteiger partial charge in [0.05, 0.1) is 6.54 Å². The summed E-state index contributed by atoms with van der Waals surface area (Å²) >= 11 is 0. The van der Waals surface area contributed by atoms with Gasteiger partial charge < -0.3 is 5.32 Å². The van der Waals surface area contributed by atoms with Crippen LogP contribution in [0.15, 0.2) is 66.7 Å². The summed E-state index contributed by atoms with van der Waals surface area (Å²) in [4.78, 5) is 40.1. The maximum absolute atomic E-state index is 13.7. The second-order valence-electron chi connectivity index (χ2n) is 7.79. The molecular weight excluding hydrogens is 414 g/mol. The molecule has 4 rings (SSSR count). The minimum atomic E-state index is -1.51. The number of imide groups is 1. The number of halogens is 2. The average Bonchev–Trinajstić information content (AvgIpc) is 3.03. The molecule has 0 unspecified atom stereocenters. The zero-order valence-electron chi connectivity index (χ0n) is 17.5. The Hall–Kier alpha value is -3.87. The summed E-state index contributed by atoms with van der Waals surface area (Å²) in [6.45, 7) is 3.24. The first-order chi connectivity index (χ1) is 15.2. The van der Waals surface area contributed by atoms with Crippen molar-refractivity contribution < 1.29 is 23.2 Å². The maximum atomic E-state index is 13.7. The Morgan fingerprint density at radius 3 is 2.25 bits per heavy atom. The Balaban J connectivity index is 1.75. The van der Waals surface area contributed by atoms with Crippen molar-refractivity contribution in [2.45, 2.75) is 19.4 Å². The van der Waals surface area contributed by atoms with Crippen molar-refractivity contribution in [1.29, 1.82) is 0 Å². The van der Waals surface area contributed by atoms with Crippen molar-refractivity contribution in [2.75, 3.05) is 6.54 Å². The number of aryl methyl sites for hydroxylation is 2. The van der Waals surface area contributed by atoms with E-state index in [-0.39, 0.29) is 5.56 Å². The summed E-state index contributed by atoms with van der Waals surface area (Å²) in [6.07, 6.45) is 0. The molecule has 3 aromatic carbocycles. The van der Waals surface area contributed by atoms with Gasteiger partial charge in [0.25, 0.3) is 5.91 Å². The average molecular weight is 434 g/mol. The summed E-state index contributed by atoms with van der Waals surface area (Å²) < 4.78 is 26.8. The molecule has 0 saturated carbocycles. The summed E-state index contributed by atoms with van der Waals surface area (Å²) in [5.74, 6) is -3.57. The molecule has 1 atom stereocenters. The lowest BCUT2D eigenvalue weighted by atomic mass is 9.81. The van der Waals surface area contributed by atoms with Gasteiger partial charge in [-0.25, -0.2) is 13.6 Å². The van der Waals surface area contributed by atoms with Gasteiger partial charge in [-0.2, -0.15) is 0 Å². The second kappa shape index (κ2) is 8.00. The van der Waals surface area contributed by atoms with Crippen LogP contribution in [0.1, 0.15) is 32.6 Å². The van der Waals surface area contributed by atoms with E-state index in [1.54, 1.807) is 36.4 Å². The van der Waals surface area contributed by atoms with E-state index in [4.69, 9.17) is 0 Å². The number of carbonyl (C=O) groups excluding carboxylic acids is 3. The molecule has 1 heterocycles. The predicted octanol–water partition coefficient (Wildman–Crippen LogP) is 4.26. The van der Waals surface area contributed by atoms with Gasteiger partial charge in [0, 0.05) is 5.56 Å². The second-order valence-corrected chi connectivity index (χ2v) is 7.79. The molecule has 5 nitrogen and oxygen atoms in total. The van der Waals surface area contributed by atoms with Gasteiger partial charge in [-0.15, -0.1) is 0 Å². The first kappa shape index (κ1) is 21.4. The number of amides is 3. The van der Waals surface area contributed by atoms with Gasteiger partial charge in [-0.3, -0.25) is 14.5 Å². The number of ketones is 1. The molecule has 3 aromatic rings. The van der Waals surface area contributed by atoms with Crippen LogP contribution in [0.3, 0.4) is 0 Å². The van der Waals surface area contributed by atoms with E-state index in [1.165, 1.54) is 0 Å². The number of Topliss-reactive ketones (excluding diaryl/α,β-unsaturated/α-hetero) is 1. The number of nitrogens with zero attached hydrogens (tertiary/aromatic N) is 1. The molecule has 0 spiro atoms. The third-order valence-electron chi connectivity index (χ3n) is 5.80. The number of hydrogen-bond acceptors (Lipinski definition) is 3. The Morgan fingerprint density at radius 2 is 1.59 bits per heavy atom. The quantitative estimate of drug-likeness (QED) is 0.482. The summed E-state index contributed by atoms with van der Waals surface area (Å²) in [5, 5.41) is 2.77. The van der Waals surface area contributed by atoms with Crippen LogP contribution in [0.5, 0.6) is 0 Å². The lowest BCUT2D eigenvalue weighted by Gasteiger charge is -2.28. The number of benzene rings is 3. The lowest BCUT2D eigenvalue weighted by Crippen LogP contribution is -2.45. The monoisotopic (exact) mass is 434 g/mol. The summed E-state index contributed by atoms with van der Waals surface area (Å²) in [5.41, 5.74) is 1.44. The molecule has 1 saturated heterocycles. The SMILES string of the molecule is Cc1ccc([C@@]2(c3ccccc3)NC(=O)N(CC(=O)c3ccc(F)c(F)c3)C2=O)cc1C. The molecule has 0 aliphatic carbocycles. The number of carbonyl (C=O) groups is 3. The molecule has 3 amide bonds. The van der Waals surface area contributed by atoms with E-state index in [0.29, 0.717) is 11.1 Å². The predicted molar refractivity (Wildman–Crippen MR) is 114 cm³/mol. The van der Waals surface area contributed by atoms with Gasteiger partial charge in [0.15, 0.2) is 23.0 Å². The molecular formula is C25H20F2N2O3. The molecule has 32 heavy (non-hydrogen) atoms. The minimum absolute atomic E-state index is 0.132. The zero-order chi connectivity index (χ0) is 23.0. The van der Waals surface area contributed by atoms with Crippen LogP contribution >= 0.6 is 0 Å². The van der Waals surface area contributed by atoms with Crippen molar-refractivity contribution in [2.24, 2.45) is 0 Å². The number of urea groups is 1. The topological polar surface area (TPSA) is 66.5 Å². The van der Waals surface area contributed by atoms with Crippen molar-refractivity contribution in [3.05, 3.63) is 106 Å². The van der Waals surface area contributed by atoms with Crippen LogP contribution in [-0.4, -0.2) is 29.2 Å². The third kappa shape index (κ3) is 3.45. The Morgan fingerprint density at radius 1 is 0.875 bits per heavy atom. The van der Waals surface area contributed by atoms with Crippen molar-refractivity contribution in [3.8, 4) is 0 Å². The molecule has 1 aliphatic heterocycles. The fraction of sp³-hybridized carbons (Fsp3) is 0.160. The Labute approximate surface area is 183 Å². The molecule has 0 bridgehead atoms. The van der Waals surface area contributed by atoms with E-state index < -0.39 is 41.4 Å². The molecule has 1 aliphatic rings. The standard InChI is InChI=1S/C25H20F2N2O3/c1-15-8-10-19(12-16(15)2)25(18-6-4-3-5-7-18)23(31)29(24(32)28-25)14-22(30)17-9-11-20(26)21(27)13-17/h3-13H,14H2,1-2H3,(H,28,32)/t25-/m1/s1. The van der Waals surface area contributed by atoms with Crippen molar-refractivity contribution in [1.82, 2.24) is 10.2 Å². The van der Waals surface area contributed by atoms with Gasteiger partial charge >= 0.3 is 6.03 Å². The highest BCUT2D eigenvalue weighted by molar-refractivity contribution is 6.13. The van der Waals surface area contributed by atoms with Crippen LogP contribution in [0.4, 0.5) is 13.6 Å². The van der Waals surface area contributed by atoms with E-state index in [2.05, 4.69) is 5.32 Å². The summed E-state index contributed by atoms with van der Waals surface area (Å²) in [6, 6.07) is 16.2. The summed E-state index contributed by atoms with van der Waals surface area (Å²) in [7, 11) is 0. The van der Waals surface area contributed by atoms with Crippen LogP contribution < -0.4 is 5.32 Å². The van der Waals surface area contributed by atoms with Crippen molar-refractivity contribution in [3.63, 3.8) is 0 Å². The molecule has 1 N–H and O–H groups in total. The number of rotatable bonds is 5. The van der Waals surface area contributed by atoms with Crippen molar-refractivity contribution >= 4 is 17.7 Å². The van der Waals surface area contributed by atoms with E-state index in [9.17, 15) is 23.2 Å². The highest BCUT2D eigenvalue weighted by Crippen LogP contribution is 2.37.